The fraction of sp³-hybridized carbons (Fsp3) is 0.875. The molecule has 5 heteroatoms. The highest BCUT2D eigenvalue weighted by atomic mass is 32.2. The average molecular weight is 205 g/mol. The van der Waals surface area contributed by atoms with Gasteiger partial charge in [0.15, 0.2) is 9.84 Å². The summed E-state index contributed by atoms with van der Waals surface area (Å²) < 4.78 is 21.5. The molecule has 76 valence electrons. The Balaban J connectivity index is 2.36. The lowest BCUT2D eigenvalue weighted by atomic mass is 10.2. The van der Waals surface area contributed by atoms with Crippen molar-refractivity contribution in [1.82, 2.24) is 5.32 Å². The van der Waals surface area contributed by atoms with Crippen LogP contribution in [0.5, 0.6) is 0 Å². The van der Waals surface area contributed by atoms with Crippen LogP contribution in [0.25, 0.3) is 0 Å². The Bertz CT molecular complexity index is 318. The van der Waals surface area contributed by atoms with Crippen LogP contribution in [-0.4, -0.2) is 32.4 Å². The summed E-state index contributed by atoms with van der Waals surface area (Å²) in [5.41, 5.74) is 0.146. The van der Waals surface area contributed by atoms with Crippen molar-refractivity contribution >= 4 is 15.7 Å². The van der Waals surface area contributed by atoms with Gasteiger partial charge in [-0.15, -0.1) is 0 Å². The number of hydrogen-bond acceptors (Lipinski definition) is 3. The van der Waals surface area contributed by atoms with Gasteiger partial charge in [-0.25, -0.2) is 8.42 Å². The molecule has 0 spiro atoms. The van der Waals surface area contributed by atoms with Gasteiger partial charge >= 0.3 is 0 Å². The molecule has 1 fully saturated rings. The smallest absolute Gasteiger partial charge is 0.235 e. The van der Waals surface area contributed by atoms with Gasteiger partial charge in [0.1, 0.15) is 5.75 Å². The molecule has 0 heterocycles. The van der Waals surface area contributed by atoms with Gasteiger partial charge < -0.3 is 5.32 Å². The second kappa shape index (κ2) is 2.97. The molecule has 0 aliphatic heterocycles. The van der Waals surface area contributed by atoms with Crippen molar-refractivity contribution in [3.63, 3.8) is 0 Å². The highest BCUT2D eigenvalue weighted by Crippen LogP contribution is 2.44. The lowest BCUT2D eigenvalue weighted by Crippen LogP contribution is -2.33. The van der Waals surface area contributed by atoms with Crippen molar-refractivity contribution in [1.29, 1.82) is 0 Å². The molecule has 1 aliphatic rings. The number of rotatable bonds is 3. The van der Waals surface area contributed by atoms with Gasteiger partial charge in [0, 0.05) is 12.3 Å². The van der Waals surface area contributed by atoms with E-state index in [0.717, 1.165) is 12.7 Å². The lowest BCUT2D eigenvalue weighted by Gasteiger charge is -2.05. The van der Waals surface area contributed by atoms with Crippen LogP contribution in [0.3, 0.4) is 0 Å². The van der Waals surface area contributed by atoms with E-state index in [1.165, 1.54) is 0 Å². The lowest BCUT2D eigenvalue weighted by molar-refractivity contribution is -0.118. The second-order valence-electron chi connectivity index (χ2n) is 4.38. The molecule has 1 atom stereocenters. The summed E-state index contributed by atoms with van der Waals surface area (Å²) in [6, 6.07) is 0.154. The Morgan fingerprint density at radius 3 is 2.31 bits per heavy atom. The van der Waals surface area contributed by atoms with Crippen molar-refractivity contribution in [2.24, 2.45) is 5.41 Å². The SMILES string of the molecule is CC1(C)CC1NC(=O)CS(C)(=O)=O. The molecule has 13 heavy (non-hydrogen) atoms. The molecular formula is C8H15NO3S. The minimum absolute atomic E-state index is 0.146. The van der Waals surface area contributed by atoms with E-state index in [4.69, 9.17) is 0 Å². The van der Waals surface area contributed by atoms with Gasteiger partial charge in [0.25, 0.3) is 0 Å². The molecule has 0 aromatic heterocycles. The minimum atomic E-state index is -3.19. The van der Waals surface area contributed by atoms with E-state index in [-0.39, 0.29) is 11.5 Å². The number of carbonyl (C=O) groups excluding carboxylic acids is 1. The standard InChI is InChI=1S/C8H15NO3S/c1-8(2)4-6(8)9-7(10)5-13(3,11)12/h6H,4-5H2,1-3H3,(H,9,10). The first kappa shape index (κ1) is 10.5. The molecule has 1 amide bonds. The minimum Gasteiger partial charge on any atom is -0.352 e. The molecule has 0 bridgehead atoms. The van der Waals surface area contributed by atoms with Crippen molar-refractivity contribution in [2.45, 2.75) is 26.3 Å². The van der Waals surface area contributed by atoms with Crippen LogP contribution in [0.4, 0.5) is 0 Å². The Labute approximate surface area is 78.6 Å². The summed E-state index contributed by atoms with van der Waals surface area (Å²) in [4.78, 5) is 11.1. The van der Waals surface area contributed by atoms with E-state index in [0.29, 0.717) is 0 Å². The molecule has 1 aliphatic carbocycles. The first-order valence-corrected chi connectivity index (χ1v) is 6.24. The maximum absolute atomic E-state index is 11.1. The van der Waals surface area contributed by atoms with Gasteiger partial charge in [-0.2, -0.15) is 0 Å². The second-order valence-corrected chi connectivity index (χ2v) is 6.52. The van der Waals surface area contributed by atoms with E-state index >= 15 is 0 Å². The van der Waals surface area contributed by atoms with E-state index in [1.807, 2.05) is 13.8 Å². The number of amides is 1. The summed E-state index contributed by atoms with van der Waals surface area (Å²) in [6.45, 7) is 4.08. The Morgan fingerprint density at radius 1 is 1.54 bits per heavy atom. The van der Waals surface area contributed by atoms with Gasteiger partial charge in [-0.05, 0) is 11.8 Å². The summed E-state index contributed by atoms with van der Waals surface area (Å²) in [5, 5.41) is 2.68. The van der Waals surface area contributed by atoms with Crippen LogP contribution in [0.1, 0.15) is 20.3 Å². The monoisotopic (exact) mass is 205 g/mol. The molecular weight excluding hydrogens is 190 g/mol. The maximum Gasteiger partial charge on any atom is 0.235 e. The third-order valence-electron chi connectivity index (χ3n) is 2.24. The van der Waals surface area contributed by atoms with Crippen molar-refractivity contribution < 1.29 is 13.2 Å². The highest BCUT2D eigenvalue weighted by Gasteiger charge is 2.46. The first-order chi connectivity index (χ1) is 5.71. The zero-order valence-electron chi connectivity index (χ0n) is 8.12. The number of carbonyl (C=O) groups is 1. The van der Waals surface area contributed by atoms with Crippen LogP contribution in [-0.2, 0) is 14.6 Å². The quantitative estimate of drug-likeness (QED) is 0.702. The van der Waals surface area contributed by atoms with E-state index in [1.54, 1.807) is 0 Å². The van der Waals surface area contributed by atoms with Crippen LogP contribution >= 0.6 is 0 Å². The van der Waals surface area contributed by atoms with Gasteiger partial charge in [0.2, 0.25) is 5.91 Å². The third-order valence-corrected chi connectivity index (χ3v) is 3.03. The van der Waals surface area contributed by atoms with Crippen molar-refractivity contribution in [2.75, 3.05) is 12.0 Å². The van der Waals surface area contributed by atoms with E-state index in [2.05, 4.69) is 5.32 Å². The molecule has 1 unspecified atom stereocenters. The van der Waals surface area contributed by atoms with Gasteiger partial charge in [-0.1, -0.05) is 13.8 Å². The Morgan fingerprint density at radius 2 is 2.00 bits per heavy atom. The molecule has 0 aromatic carbocycles. The van der Waals surface area contributed by atoms with Crippen molar-refractivity contribution in [3.8, 4) is 0 Å². The summed E-state index contributed by atoms with van der Waals surface area (Å²) in [5.74, 6) is -0.794. The molecule has 0 radical (unpaired) electrons. The summed E-state index contributed by atoms with van der Waals surface area (Å²) >= 11 is 0. The largest absolute Gasteiger partial charge is 0.352 e. The fourth-order valence-electron chi connectivity index (χ4n) is 1.19. The van der Waals surface area contributed by atoms with Crippen molar-refractivity contribution in [3.05, 3.63) is 0 Å². The van der Waals surface area contributed by atoms with Crippen LogP contribution < -0.4 is 5.32 Å². The maximum atomic E-state index is 11.1. The molecule has 1 saturated carbocycles. The Kier molecular flexibility index (Phi) is 2.40. The van der Waals surface area contributed by atoms with Crippen LogP contribution in [0, 0.1) is 5.41 Å². The number of nitrogens with one attached hydrogen (secondary N) is 1. The molecule has 1 rings (SSSR count). The predicted octanol–water partition coefficient (Wildman–Crippen LogP) is -0.0543. The molecule has 4 nitrogen and oxygen atoms in total. The van der Waals surface area contributed by atoms with Gasteiger partial charge in [-0.3, -0.25) is 4.79 Å². The molecule has 0 aromatic rings. The zero-order chi connectivity index (χ0) is 10.3. The average Bonchev–Trinajstić information content (AvgIpc) is 2.32. The third kappa shape index (κ3) is 3.34. The summed E-state index contributed by atoms with van der Waals surface area (Å²) in [6.07, 6.45) is 1.99. The number of sulfone groups is 1. The first-order valence-electron chi connectivity index (χ1n) is 4.18. The fourth-order valence-corrected chi connectivity index (χ4v) is 1.75. The topological polar surface area (TPSA) is 63.2 Å². The normalized spacial score (nSPS) is 25.3. The van der Waals surface area contributed by atoms with Crippen LogP contribution in [0.2, 0.25) is 0 Å². The predicted molar refractivity (Wildman–Crippen MR) is 50.0 cm³/mol. The zero-order valence-corrected chi connectivity index (χ0v) is 8.94. The highest BCUT2D eigenvalue weighted by molar-refractivity contribution is 7.91. The van der Waals surface area contributed by atoms with Gasteiger partial charge in [0.05, 0.1) is 0 Å². The molecule has 1 N–H and O–H groups in total. The number of hydrogen-bond donors (Lipinski definition) is 1. The van der Waals surface area contributed by atoms with Crippen LogP contribution in [0.15, 0.2) is 0 Å². The Hall–Kier alpha value is -0.580. The van der Waals surface area contributed by atoms with E-state index < -0.39 is 21.5 Å². The molecule has 0 saturated heterocycles. The van der Waals surface area contributed by atoms with E-state index in [9.17, 15) is 13.2 Å². The summed E-state index contributed by atoms with van der Waals surface area (Å²) in [7, 11) is -3.19.